The smallest absolute Gasteiger partial charge is 0.269 e. The summed E-state index contributed by atoms with van der Waals surface area (Å²) in [6, 6.07) is 1.88. The SMILES string of the molecule is Cn1nccc1C(=O)NC1CCCN(c2nc(C3CC3)ns2)C1. The lowest BCUT2D eigenvalue weighted by Gasteiger charge is -2.32. The van der Waals surface area contributed by atoms with Crippen molar-refractivity contribution < 1.29 is 4.79 Å². The maximum absolute atomic E-state index is 12.3. The van der Waals surface area contributed by atoms with Gasteiger partial charge in [-0.2, -0.15) is 9.47 Å². The molecule has 4 rings (SSSR count). The van der Waals surface area contributed by atoms with Crippen LogP contribution in [0.1, 0.15) is 47.9 Å². The molecule has 3 heterocycles. The number of anilines is 1. The van der Waals surface area contributed by atoms with Gasteiger partial charge in [0.1, 0.15) is 11.5 Å². The third-order valence-electron chi connectivity index (χ3n) is 4.45. The highest BCUT2D eigenvalue weighted by atomic mass is 32.1. The summed E-state index contributed by atoms with van der Waals surface area (Å²) >= 11 is 1.48. The van der Waals surface area contributed by atoms with Crippen LogP contribution in [-0.2, 0) is 7.05 Å². The van der Waals surface area contributed by atoms with Gasteiger partial charge in [-0.1, -0.05) is 0 Å². The lowest BCUT2D eigenvalue weighted by molar-refractivity contribution is 0.0923. The van der Waals surface area contributed by atoms with Crippen molar-refractivity contribution in [2.45, 2.75) is 37.6 Å². The molecule has 8 heteroatoms. The Labute approximate surface area is 138 Å². The summed E-state index contributed by atoms with van der Waals surface area (Å²) in [4.78, 5) is 19.3. The topological polar surface area (TPSA) is 75.9 Å². The monoisotopic (exact) mass is 332 g/mol. The fraction of sp³-hybridized carbons (Fsp3) is 0.600. The molecule has 1 amide bonds. The summed E-state index contributed by atoms with van der Waals surface area (Å²) in [5.74, 6) is 1.53. The molecule has 0 aromatic carbocycles. The van der Waals surface area contributed by atoms with Crippen molar-refractivity contribution in [3.63, 3.8) is 0 Å². The number of carbonyl (C=O) groups excluding carboxylic acids is 1. The molecule has 2 aliphatic rings. The lowest BCUT2D eigenvalue weighted by Crippen LogP contribution is -2.48. The van der Waals surface area contributed by atoms with Crippen molar-refractivity contribution in [1.82, 2.24) is 24.5 Å². The first-order valence-electron chi connectivity index (χ1n) is 8.08. The number of nitrogens with zero attached hydrogens (tertiary/aromatic N) is 5. The highest BCUT2D eigenvalue weighted by Crippen LogP contribution is 2.39. The van der Waals surface area contributed by atoms with Crippen molar-refractivity contribution >= 4 is 22.6 Å². The quantitative estimate of drug-likeness (QED) is 0.919. The maximum atomic E-state index is 12.3. The zero-order valence-corrected chi connectivity index (χ0v) is 13.9. The van der Waals surface area contributed by atoms with Crippen molar-refractivity contribution in [3.8, 4) is 0 Å². The van der Waals surface area contributed by atoms with E-state index in [9.17, 15) is 4.79 Å². The second-order valence-corrected chi connectivity index (χ2v) is 7.04. The second kappa shape index (κ2) is 5.92. The van der Waals surface area contributed by atoms with E-state index < -0.39 is 0 Å². The van der Waals surface area contributed by atoms with Crippen LogP contribution in [0, 0.1) is 0 Å². The molecule has 1 N–H and O–H groups in total. The van der Waals surface area contributed by atoms with E-state index in [1.54, 1.807) is 24.0 Å². The van der Waals surface area contributed by atoms with Gasteiger partial charge in [0.25, 0.3) is 5.91 Å². The minimum absolute atomic E-state index is 0.0622. The van der Waals surface area contributed by atoms with Gasteiger partial charge in [0.2, 0.25) is 5.13 Å². The Kier molecular flexibility index (Phi) is 3.76. The second-order valence-electron chi connectivity index (χ2n) is 6.31. The van der Waals surface area contributed by atoms with Crippen LogP contribution in [0.3, 0.4) is 0 Å². The molecule has 23 heavy (non-hydrogen) atoms. The average molecular weight is 332 g/mol. The van der Waals surface area contributed by atoms with Gasteiger partial charge in [0.05, 0.1) is 0 Å². The predicted octanol–water partition coefficient (Wildman–Crippen LogP) is 1.55. The van der Waals surface area contributed by atoms with Crippen LogP contribution >= 0.6 is 11.5 Å². The van der Waals surface area contributed by atoms with Crippen LogP contribution in [0.25, 0.3) is 0 Å². The Bertz CT molecular complexity index is 706. The number of carbonyl (C=O) groups is 1. The molecule has 2 fully saturated rings. The molecule has 1 aliphatic carbocycles. The van der Waals surface area contributed by atoms with Crippen LogP contribution in [0.2, 0.25) is 0 Å². The van der Waals surface area contributed by atoms with E-state index in [0.717, 1.165) is 36.9 Å². The highest BCUT2D eigenvalue weighted by molar-refractivity contribution is 7.09. The Morgan fingerprint density at radius 2 is 2.26 bits per heavy atom. The van der Waals surface area contributed by atoms with Gasteiger partial charge in [-0.15, -0.1) is 0 Å². The normalized spacial score (nSPS) is 21.4. The summed E-state index contributed by atoms with van der Waals surface area (Å²) in [5, 5.41) is 8.16. The van der Waals surface area contributed by atoms with Gasteiger partial charge in [0, 0.05) is 49.8 Å². The van der Waals surface area contributed by atoms with E-state index in [2.05, 4.69) is 24.7 Å². The third kappa shape index (κ3) is 3.08. The molecular weight excluding hydrogens is 312 g/mol. The molecule has 1 saturated heterocycles. The lowest BCUT2D eigenvalue weighted by atomic mass is 10.1. The number of aryl methyl sites for hydroxylation is 1. The van der Waals surface area contributed by atoms with Crippen LogP contribution in [0.5, 0.6) is 0 Å². The fourth-order valence-corrected chi connectivity index (χ4v) is 3.77. The molecule has 0 spiro atoms. The Balaban J connectivity index is 1.40. The molecule has 1 aliphatic heterocycles. The zero-order chi connectivity index (χ0) is 15.8. The van der Waals surface area contributed by atoms with Crippen molar-refractivity contribution in [3.05, 3.63) is 23.8 Å². The summed E-state index contributed by atoms with van der Waals surface area (Å²) in [5.41, 5.74) is 0.592. The van der Waals surface area contributed by atoms with E-state index >= 15 is 0 Å². The molecule has 0 radical (unpaired) electrons. The third-order valence-corrected chi connectivity index (χ3v) is 5.25. The fourth-order valence-electron chi connectivity index (χ4n) is 2.99. The standard InChI is InChI=1S/C15H20N6OS/c1-20-12(6-7-16-20)14(22)17-11-3-2-8-21(9-11)15-18-13(19-23-15)10-4-5-10/h6-7,10-11H,2-5,8-9H2,1H3,(H,17,22). The van der Waals surface area contributed by atoms with Crippen LogP contribution in [0.15, 0.2) is 12.3 Å². The van der Waals surface area contributed by atoms with E-state index in [1.165, 1.54) is 24.4 Å². The largest absolute Gasteiger partial charge is 0.346 e. The van der Waals surface area contributed by atoms with Crippen molar-refractivity contribution in [2.24, 2.45) is 7.05 Å². The van der Waals surface area contributed by atoms with Crippen LogP contribution in [-0.4, -0.2) is 44.2 Å². The van der Waals surface area contributed by atoms with Gasteiger partial charge >= 0.3 is 0 Å². The number of rotatable bonds is 4. The van der Waals surface area contributed by atoms with Crippen LogP contribution < -0.4 is 10.2 Å². The number of aromatic nitrogens is 4. The first-order valence-corrected chi connectivity index (χ1v) is 8.85. The molecule has 2 aromatic rings. The summed E-state index contributed by atoms with van der Waals surface area (Å²) in [6.07, 6.45) is 6.13. The van der Waals surface area contributed by atoms with Gasteiger partial charge < -0.3 is 10.2 Å². The van der Waals surface area contributed by atoms with Gasteiger partial charge in [0.15, 0.2) is 0 Å². The zero-order valence-electron chi connectivity index (χ0n) is 13.1. The molecular formula is C15H20N6OS. The summed E-state index contributed by atoms with van der Waals surface area (Å²) in [6.45, 7) is 1.78. The Morgan fingerprint density at radius 1 is 1.39 bits per heavy atom. The van der Waals surface area contributed by atoms with E-state index in [0.29, 0.717) is 11.6 Å². The first-order chi connectivity index (χ1) is 11.2. The first kappa shape index (κ1) is 14.6. The predicted molar refractivity (Wildman–Crippen MR) is 87.8 cm³/mol. The van der Waals surface area contributed by atoms with E-state index in [1.807, 2.05) is 0 Å². The minimum atomic E-state index is -0.0622. The summed E-state index contributed by atoms with van der Waals surface area (Å²) in [7, 11) is 1.78. The molecule has 7 nitrogen and oxygen atoms in total. The molecule has 1 unspecified atom stereocenters. The number of nitrogens with one attached hydrogen (secondary N) is 1. The van der Waals surface area contributed by atoms with Gasteiger partial charge in [-0.3, -0.25) is 9.48 Å². The van der Waals surface area contributed by atoms with E-state index in [4.69, 9.17) is 0 Å². The van der Waals surface area contributed by atoms with Gasteiger partial charge in [-0.05, 0) is 31.7 Å². The minimum Gasteiger partial charge on any atom is -0.346 e. The number of piperidine rings is 1. The number of amides is 1. The molecule has 1 saturated carbocycles. The van der Waals surface area contributed by atoms with E-state index in [-0.39, 0.29) is 11.9 Å². The molecule has 122 valence electrons. The Hall–Kier alpha value is -1.96. The molecule has 2 aromatic heterocycles. The summed E-state index contributed by atoms with van der Waals surface area (Å²) < 4.78 is 6.08. The Morgan fingerprint density at radius 3 is 3.00 bits per heavy atom. The van der Waals surface area contributed by atoms with Crippen LogP contribution in [0.4, 0.5) is 5.13 Å². The molecule has 1 atom stereocenters. The number of hydrogen-bond acceptors (Lipinski definition) is 6. The van der Waals surface area contributed by atoms with Gasteiger partial charge in [-0.25, -0.2) is 4.98 Å². The highest BCUT2D eigenvalue weighted by Gasteiger charge is 2.30. The number of hydrogen-bond donors (Lipinski definition) is 1. The average Bonchev–Trinajstić information content (AvgIpc) is 3.11. The van der Waals surface area contributed by atoms with Crippen molar-refractivity contribution in [1.29, 1.82) is 0 Å². The molecule has 0 bridgehead atoms. The van der Waals surface area contributed by atoms with Crippen molar-refractivity contribution in [2.75, 3.05) is 18.0 Å². The maximum Gasteiger partial charge on any atom is 0.269 e.